The highest BCUT2D eigenvalue weighted by molar-refractivity contribution is 7.98. The number of hydrogen-bond donors (Lipinski definition) is 3. The molecule has 3 aromatic rings. The van der Waals surface area contributed by atoms with Crippen molar-refractivity contribution in [2.24, 2.45) is 0 Å². The summed E-state index contributed by atoms with van der Waals surface area (Å²) < 4.78 is 0. The van der Waals surface area contributed by atoms with Crippen LogP contribution in [0.2, 0.25) is 0 Å². The lowest BCUT2D eigenvalue weighted by molar-refractivity contribution is 0.0693. The third-order valence-electron chi connectivity index (χ3n) is 7.49. The fourth-order valence-corrected chi connectivity index (χ4v) is 6.29. The summed E-state index contributed by atoms with van der Waals surface area (Å²) in [5.41, 5.74) is 6.55. The van der Waals surface area contributed by atoms with Gasteiger partial charge in [0, 0.05) is 10.6 Å². The number of thioether (sulfide) groups is 1. The summed E-state index contributed by atoms with van der Waals surface area (Å²) in [7, 11) is 0. The fourth-order valence-electron chi connectivity index (χ4n) is 5.03. The molecule has 0 radical (unpaired) electrons. The number of fused-ring (bicyclic) bond motifs is 1. The van der Waals surface area contributed by atoms with Crippen LogP contribution in [0.15, 0.2) is 65.6 Å². The van der Waals surface area contributed by atoms with Crippen LogP contribution in [0.4, 0.5) is 0 Å². The van der Waals surface area contributed by atoms with Crippen LogP contribution in [-0.2, 0) is 16.6 Å². The Morgan fingerprint density at radius 2 is 1.68 bits per heavy atom. The van der Waals surface area contributed by atoms with Crippen molar-refractivity contribution in [3.63, 3.8) is 0 Å². The number of aromatic carboxylic acids is 1. The van der Waals surface area contributed by atoms with Gasteiger partial charge in [-0.05, 0) is 76.6 Å². The molecular weight excluding hydrogens is 480 g/mol. The zero-order valence-electron chi connectivity index (χ0n) is 22.2. The number of benzene rings is 3. The van der Waals surface area contributed by atoms with E-state index in [4.69, 9.17) is 5.11 Å². The second-order valence-electron chi connectivity index (χ2n) is 11.4. The van der Waals surface area contributed by atoms with E-state index in [9.17, 15) is 15.0 Å². The van der Waals surface area contributed by atoms with Gasteiger partial charge in [0.05, 0.1) is 6.10 Å². The van der Waals surface area contributed by atoms with Crippen molar-refractivity contribution in [3.05, 3.63) is 99.6 Å². The van der Waals surface area contributed by atoms with Gasteiger partial charge in [-0.1, -0.05) is 81.8 Å². The molecule has 0 fully saturated rings. The quantitative estimate of drug-likeness (QED) is 0.279. The molecule has 4 nitrogen and oxygen atoms in total. The third-order valence-corrected chi connectivity index (χ3v) is 8.60. The molecule has 0 saturated heterocycles. The molecule has 3 aromatic carbocycles. The number of hydrogen-bond acceptors (Lipinski definition) is 4. The number of rotatable bonds is 7. The van der Waals surface area contributed by atoms with Crippen LogP contribution >= 0.6 is 11.8 Å². The second kappa shape index (κ2) is 10.4. The van der Waals surface area contributed by atoms with Gasteiger partial charge in [-0.25, -0.2) is 4.79 Å². The highest BCUT2D eigenvalue weighted by Gasteiger charge is 2.39. The molecule has 0 aromatic heterocycles. The molecule has 0 bridgehead atoms. The molecule has 1 unspecified atom stereocenters. The average molecular weight is 517 g/mol. The van der Waals surface area contributed by atoms with E-state index in [0.717, 1.165) is 24.2 Å². The summed E-state index contributed by atoms with van der Waals surface area (Å²) >= 11 is 1.83. The molecule has 0 saturated carbocycles. The molecule has 5 heteroatoms. The SMILES string of the molecule is Cc1ccc(CSc2cc(C(O)C=Cc3ccc(C(=O)O)c(O)c3)cc3c2C(C)(C)CCC3(C)C)cc1. The van der Waals surface area contributed by atoms with Crippen molar-refractivity contribution in [2.75, 3.05) is 0 Å². The van der Waals surface area contributed by atoms with Crippen LogP contribution in [0.5, 0.6) is 5.75 Å². The highest BCUT2D eigenvalue weighted by Crippen LogP contribution is 2.50. The van der Waals surface area contributed by atoms with Crippen LogP contribution in [-0.4, -0.2) is 21.3 Å². The van der Waals surface area contributed by atoms with E-state index in [1.165, 1.54) is 39.3 Å². The zero-order valence-corrected chi connectivity index (χ0v) is 23.0. The van der Waals surface area contributed by atoms with E-state index in [-0.39, 0.29) is 22.1 Å². The summed E-state index contributed by atoms with van der Waals surface area (Å²) in [5, 5.41) is 30.3. The van der Waals surface area contributed by atoms with Crippen LogP contribution in [0.1, 0.15) is 90.4 Å². The van der Waals surface area contributed by atoms with Crippen molar-refractivity contribution < 1.29 is 20.1 Å². The molecule has 0 heterocycles. The summed E-state index contributed by atoms with van der Waals surface area (Å²) in [6.07, 6.45) is 4.75. The summed E-state index contributed by atoms with van der Waals surface area (Å²) in [5.74, 6) is -0.617. The molecule has 37 heavy (non-hydrogen) atoms. The summed E-state index contributed by atoms with van der Waals surface area (Å²) in [4.78, 5) is 12.4. The molecule has 0 amide bonds. The van der Waals surface area contributed by atoms with Crippen molar-refractivity contribution in [1.82, 2.24) is 0 Å². The topological polar surface area (TPSA) is 77.8 Å². The number of aliphatic hydroxyl groups is 1. The van der Waals surface area contributed by atoms with Crippen molar-refractivity contribution in [3.8, 4) is 5.75 Å². The van der Waals surface area contributed by atoms with Gasteiger partial charge >= 0.3 is 5.97 Å². The molecular formula is C32H36O4S. The predicted octanol–water partition coefficient (Wildman–Crippen LogP) is 7.79. The lowest BCUT2D eigenvalue weighted by Gasteiger charge is -2.43. The van der Waals surface area contributed by atoms with Crippen LogP contribution in [0.25, 0.3) is 6.08 Å². The molecule has 1 atom stereocenters. The van der Waals surface area contributed by atoms with Crippen molar-refractivity contribution >= 4 is 23.8 Å². The Morgan fingerprint density at radius 3 is 2.32 bits per heavy atom. The number of aromatic hydroxyl groups is 1. The lowest BCUT2D eigenvalue weighted by atomic mass is 9.63. The number of carboxylic acids is 1. The molecule has 4 rings (SSSR count). The first-order chi connectivity index (χ1) is 17.4. The van der Waals surface area contributed by atoms with Crippen LogP contribution in [0.3, 0.4) is 0 Å². The minimum Gasteiger partial charge on any atom is -0.507 e. The van der Waals surface area contributed by atoms with Gasteiger partial charge in [-0.2, -0.15) is 0 Å². The van der Waals surface area contributed by atoms with E-state index in [1.807, 2.05) is 11.8 Å². The zero-order chi connectivity index (χ0) is 27.0. The normalized spacial score (nSPS) is 16.9. The Kier molecular flexibility index (Phi) is 7.59. The lowest BCUT2D eigenvalue weighted by Crippen LogP contribution is -2.34. The molecule has 194 valence electrons. The summed E-state index contributed by atoms with van der Waals surface area (Å²) in [6.45, 7) is 11.3. The minimum absolute atomic E-state index is 0.00190. The first kappa shape index (κ1) is 27.0. The molecule has 3 N–H and O–H groups in total. The molecule has 0 spiro atoms. The number of aryl methyl sites for hydroxylation is 1. The van der Waals surface area contributed by atoms with Crippen LogP contribution < -0.4 is 0 Å². The maximum Gasteiger partial charge on any atom is 0.339 e. The van der Waals surface area contributed by atoms with E-state index < -0.39 is 12.1 Å². The molecule has 1 aliphatic carbocycles. The van der Waals surface area contributed by atoms with E-state index in [2.05, 4.69) is 71.0 Å². The first-order valence-corrected chi connectivity index (χ1v) is 13.7. The molecule has 0 aliphatic heterocycles. The van der Waals surface area contributed by atoms with Gasteiger partial charge in [0.1, 0.15) is 11.3 Å². The van der Waals surface area contributed by atoms with Gasteiger partial charge in [-0.15, -0.1) is 11.8 Å². The Morgan fingerprint density at radius 1 is 1.00 bits per heavy atom. The number of carbonyl (C=O) groups is 1. The number of aliphatic hydroxyl groups excluding tert-OH is 1. The molecule has 1 aliphatic rings. The second-order valence-corrected chi connectivity index (χ2v) is 12.4. The standard InChI is InChI=1S/C32H36O4S/c1-20-6-8-22(9-7-20)19-37-28-18-23(17-25-29(28)32(4,5)15-14-31(25,2)3)26(33)13-11-21-10-12-24(30(35)36)27(34)16-21/h6-13,16-18,26,33-34H,14-15,19H2,1-5H3,(H,35,36). The Labute approximate surface area is 224 Å². The highest BCUT2D eigenvalue weighted by atomic mass is 32.2. The van der Waals surface area contributed by atoms with Gasteiger partial charge < -0.3 is 15.3 Å². The Bertz CT molecular complexity index is 1340. The Hall–Kier alpha value is -3.02. The maximum atomic E-state index is 11.2. The average Bonchev–Trinajstić information content (AvgIpc) is 2.84. The fraction of sp³-hybridized carbons (Fsp3) is 0.344. The maximum absolute atomic E-state index is 11.2. The first-order valence-electron chi connectivity index (χ1n) is 12.7. The number of phenols is 1. The smallest absolute Gasteiger partial charge is 0.339 e. The monoisotopic (exact) mass is 516 g/mol. The minimum atomic E-state index is -1.18. The van der Waals surface area contributed by atoms with Gasteiger partial charge in [-0.3, -0.25) is 0 Å². The van der Waals surface area contributed by atoms with Crippen molar-refractivity contribution in [2.45, 2.75) is 75.0 Å². The Balaban J connectivity index is 1.70. The third kappa shape index (κ3) is 5.94. The van der Waals surface area contributed by atoms with E-state index in [0.29, 0.717) is 5.56 Å². The van der Waals surface area contributed by atoms with E-state index in [1.54, 1.807) is 18.2 Å². The predicted molar refractivity (Wildman–Crippen MR) is 152 cm³/mol. The van der Waals surface area contributed by atoms with Gasteiger partial charge in [0.25, 0.3) is 0 Å². The number of carboxylic acid groups (broad SMARTS) is 1. The largest absolute Gasteiger partial charge is 0.507 e. The van der Waals surface area contributed by atoms with Gasteiger partial charge in [0.2, 0.25) is 0 Å². The summed E-state index contributed by atoms with van der Waals surface area (Å²) in [6, 6.07) is 17.3. The van der Waals surface area contributed by atoms with Crippen molar-refractivity contribution in [1.29, 1.82) is 0 Å². The van der Waals surface area contributed by atoms with Crippen LogP contribution in [0, 0.1) is 6.92 Å². The van der Waals surface area contributed by atoms with E-state index >= 15 is 0 Å². The van der Waals surface area contributed by atoms with Gasteiger partial charge in [0.15, 0.2) is 0 Å².